The quantitative estimate of drug-likeness (QED) is 0.739. The minimum Gasteiger partial charge on any atom is -0.356 e. The van der Waals surface area contributed by atoms with Crippen LogP contribution in [0.25, 0.3) is 11.0 Å². The number of para-hydroxylation sites is 1. The van der Waals surface area contributed by atoms with E-state index in [-0.39, 0.29) is 12.3 Å². The Morgan fingerprint density at radius 2 is 1.88 bits per heavy atom. The van der Waals surface area contributed by atoms with E-state index in [4.69, 9.17) is 4.52 Å². The van der Waals surface area contributed by atoms with Gasteiger partial charge in [0.05, 0.1) is 18.4 Å². The van der Waals surface area contributed by atoms with Crippen molar-refractivity contribution in [3.63, 3.8) is 0 Å². The molecule has 0 fully saturated rings. The van der Waals surface area contributed by atoms with Crippen molar-refractivity contribution in [1.82, 2.24) is 5.16 Å². The first-order valence-electron chi connectivity index (χ1n) is 7.12. The Kier molecular flexibility index (Phi) is 4.22. The fourth-order valence-corrected chi connectivity index (χ4v) is 2.85. The van der Waals surface area contributed by atoms with E-state index in [9.17, 15) is 13.2 Å². The van der Waals surface area contributed by atoms with Gasteiger partial charge in [-0.25, -0.2) is 8.42 Å². The van der Waals surface area contributed by atoms with Crippen LogP contribution in [0.3, 0.4) is 0 Å². The zero-order valence-corrected chi connectivity index (χ0v) is 13.6. The maximum Gasteiger partial charge on any atom is 0.230 e. The number of carbonyl (C=O) groups excluding carboxylic acids is 1. The van der Waals surface area contributed by atoms with Crippen molar-refractivity contribution in [3.8, 4) is 0 Å². The molecule has 0 radical (unpaired) electrons. The van der Waals surface area contributed by atoms with Crippen molar-refractivity contribution in [2.45, 2.75) is 6.42 Å². The lowest BCUT2D eigenvalue weighted by Crippen LogP contribution is -2.15. The molecule has 3 rings (SSSR count). The number of aromatic nitrogens is 1. The summed E-state index contributed by atoms with van der Waals surface area (Å²) >= 11 is 0. The number of rotatable bonds is 5. The molecule has 124 valence electrons. The third kappa shape index (κ3) is 3.90. The summed E-state index contributed by atoms with van der Waals surface area (Å²) in [6.07, 6.45) is 1.12. The topological polar surface area (TPSA) is 101 Å². The van der Waals surface area contributed by atoms with Crippen LogP contribution in [0.2, 0.25) is 0 Å². The standard InChI is InChI=1S/C16H15N3O4S/c1-24(21,22)19-12-6-4-5-11(9-12)17-16(20)10-14-13-7-2-3-8-15(13)23-18-14/h2-9,19H,10H2,1H3,(H,17,20). The molecule has 8 heteroatoms. The van der Waals surface area contributed by atoms with Crippen molar-refractivity contribution in [3.05, 3.63) is 54.2 Å². The summed E-state index contributed by atoms with van der Waals surface area (Å²) in [4.78, 5) is 12.2. The van der Waals surface area contributed by atoms with Crippen LogP contribution in [0.4, 0.5) is 11.4 Å². The Labute approximate surface area is 138 Å². The summed E-state index contributed by atoms with van der Waals surface area (Å²) < 4.78 is 30.0. The molecule has 0 bridgehead atoms. The highest BCUT2D eigenvalue weighted by Gasteiger charge is 2.12. The summed E-state index contributed by atoms with van der Waals surface area (Å²) in [5.41, 5.74) is 2.04. The van der Waals surface area contributed by atoms with E-state index in [1.165, 1.54) is 0 Å². The molecule has 0 aliphatic heterocycles. The zero-order chi connectivity index (χ0) is 17.2. The lowest BCUT2D eigenvalue weighted by atomic mass is 10.1. The van der Waals surface area contributed by atoms with Gasteiger partial charge in [-0.2, -0.15) is 0 Å². The Hall–Kier alpha value is -2.87. The van der Waals surface area contributed by atoms with E-state index in [2.05, 4.69) is 15.2 Å². The third-order valence-corrected chi connectivity index (χ3v) is 3.84. The van der Waals surface area contributed by atoms with E-state index in [1.807, 2.05) is 18.2 Å². The zero-order valence-electron chi connectivity index (χ0n) is 12.8. The largest absolute Gasteiger partial charge is 0.356 e. The number of anilines is 2. The smallest absolute Gasteiger partial charge is 0.230 e. The van der Waals surface area contributed by atoms with Crippen LogP contribution in [-0.4, -0.2) is 25.7 Å². The average Bonchev–Trinajstić information content (AvgIpc) is 2.89. The molecule has 3 aromatic rings. The number of hydrogen-bond acceptors (Lipinski definition) is 5. The number of nitrogens with one attached hydrogen (secondary N) is 2. The average molecular weight is 345 g/mol. The second-order valence-corrected chi connectivity index (χ2v) is 7.05. The minimum atomic E-state index is -3.37. The molecule has 1 amide bonds. The number of carbonyl (C=O) groups is 1. The van der Waals surface area contributed by atoms with Crippen LogP contribution >= 0.6 is 0 Å². The minimum absolute atomic E-state index is 0.0563. The van der Waals surface area contributed by atoms with E-state index >= 15 is 0 Å². The molecule has 0 unspecified atom stereocenters. The summed E-state index contributed by atoms with van der Waals surface area (Å²) in [5.74, 6) is -0.273. The van der Waals surface area contributed by atoms with Gasteiger partial charge in [0, 0.05) is 11.1 Å². The van der Waals surface area contributed by atoms with Crippen LogP contribution in [0, 0.1) is 0 Å². The normalized spacial score (nSPS) is 11.4. The predicted octanol–water partition coefficient (Wildman–Crippen LogP) is 2.38. The Balaban J connectivity index is 1.72. The highest BCUT2D eigenvalue weighted by atomic mass is 32.2. The summed E-state index contributed by atoms with van der Waals surface area (Å²) in [5, 5.41) is 7.42. The summed E-state index contributed by atoms with van der Waals surface area (Å²) in [6, 6.07) is 13.8. The lowest BCUT2D eigenvalue weighted by molar-refractivity contribution is -0.115. The molecule has 0 aliphatic carbocycles. The number of hydrogen-bond donors (Lipinski definition) is 2. The maximum absolute atomic E-state index is 12.2. The second kappa shape index (κ2) is 6.32. The predicted molar refractivity (Wildman–Crippen MR) is 91.3 cm³/mol. The Morgan fingerprint density at radius 1 is 1.12 bits per heavy atom. The third-order valence-electron chi connectivity index (χ3n) is 3.23. The monoisotopic (exact) mass is 345 g/mol. The van der Waals surface area contributed by atoms with Gasteiger partial charge in [-0.3, -0.25) is 9.52 Å². The molecule has 7 nitrogen and oxygen atoms in total. The van der Waals surface area contributed by atoms with Gasteiger partial charge in [0.15, 0.2) is 5.58 Å². The molecule has 2 aromatic carbocycles. The molecule has 0 saturated carbocycles. The second-order valence-electron chi connectivity index (χ2n) is 5.31. The molecule has 0 atom stereocenters. The molecule has 0 aliphatic rings. The van der Waals surface area contributed by atoms with E-state index in [0.717, 1.165) is 11.6 Å². The fraction of sp³-hybridized carbons (Fsp3) is 0.125. The van der Waals surface area contributed by atoms with Gasteiger partial charge in [0.25, 0.3) is 0 Å². The van der Waals surface area contributed by atoms with Crippen molar-refractivity contribution in [1.29, 1.82) is 0 Å². The van der Waals surface area contributed by atoms with Gasteiger partial charge in [0.1, 0.15) is 5.69 Å². The number of benzene rings is 2. The van der Waals surface area contributed by atoms with E-state index in [0.29, 0.717) is 22.7 Å². The number of nitrogens with zero attached hydrogens (tertiary/aromatic N) is 1. The molecular formula is C16H15N3O4S. The first kappa shape index (κ1) is 16.0. The summed E-state index contributed by atoms with van der Waals surface area (Å²) in [6.45, 7) is 0. The Morgan fingerprint density at radius 3 is 2.67 bits per heavy atom. The molecule has 24 heavy (non-hydrogen) atoms. The highest BCUT2D eigenvalue weighted by molar-refractivity contribution is 7.92. The van der Waals surface area contributed by atoms with Gasteiger partial charge in [-0.15, -0.1) is 0 Å². The van der Waals surface area contributed by atoms with Crippen LogP contribution in [0.15, 0.2) is 53.1 Å². The molecular weight excluding hydrogens is 330 g/mol. The maximum atomic E-state index is 12.2. The first-order valence-corrected chi connectivity index (χ1v) is 9.01. The van der Waals surface area contributed by atoms with Crippen molar-refractivity contribution in [2.75, 3.05) is 16.3 Å². The fourth-order valence-electron chi connectivity index (χ4n) is 2.30. The van der Waals surface area contributed by atoms with Crippen molar-refractivity contribution < 1.29 is 17.7 Å². The van der Waals surface area contributed by atoms with Crippen LogP contribution in [0.1, 0.15) is 5.69 Å². The number of sulfonamides is 1. The van der Waals surface area contributed by atoms with E-state index < -0.39 is 10.0 Å². The molecule has 0 spiro atoms. The van der Waals surface area contributed by atoms with E-state index in [1.54, 1.807) is 30.3 Å². The van der Waals surface area contributed by atoms with Crippen LogP contribution in [-0.2, 0) is 21.2 Å². The molecule has 2 N–H and O–H groups in total. The SMILES string of the molecule is CS(=O)(=O)Nc1cccc(NC(=O)Cc2noc3ccccc23)c1. The van der Waals surface area contributed by atoms with Gasteiger partial charge >= 0.3 is 0 Å². The van der Waals surface area contributed by atoms with Gasteiger partial charge in [-0.05, 0) is 30.3 Å². The number of amides is 1. The van der Waals surface area contributed by atoms with Crippen molar-refractivity contribution >= 4 is 38.3 Å². The first-order chi connectivity index (χ1) is 11.4. The number of fused-ring (bicyclic) bond motifs is 1. The Bertz CT molecular complexity index is 995. The van der Waals surface area contributed by atoms with Crippen LogP contribution in [0.5, 0.6) is 0 Å². The molecule has 1 heterocycles. The van der Waals surface area contributed by atoms with Gasteiger partial charge < -0.3 is 9.84 Å². The van der Waals surface area contributed by atoms with Gasteiger partial charge in [-0.1, -0.05) is 23.4 Å². The van der Waals surface area contributed by atoms with Crippen molar-refractivity contribution in [2.24, 2.45) is 0 Å². The van der Waals surface area contributed by atoms with Crippen LogP contribution < -0.4 is 10.0 Å². The highest BCUT2D eigenvalue weighted by Crippen LogP contribution is 2.20. The lowest BCUT2D eigenvalue weighted by Gasteiger charge is -2.08. The molecule has 1 aromatic heterocycles. The summed E-state index contributed by atoms with van der Waals surface area (Å²) in [7, 11) is -3.37. The van der Waals surface area contributed by atoms with Gasteiger partial charge in [0.2, 0.25) is 15.9 Å². The molecule has 0 saturated heterocycles.